The molecule has 0 unspecified atom stereocenters. The van der Waals surface area contributed by atoms with Gasteiger partial charge in [0.25, 0.3) is 0 Å². The van der Waals surface area contributed by atoms with E-state index in [4.69, 9.17) is 22.7 Å². The number of ether oxygens (including phenoxy) is 1. The third kappa shape index (κ3) is 5.84. The molecule has 0 bridgehead atoms. The van der Waals surface area contributed by atoms with Crippen molar-refractivity contribution in [2.45, 2.75) is 24.5 Å². The minimum absolute atomic E-state index is 0.202. The first-order valence-corrected chi connectivity index (χ1v) is 9.01. The smallest absolute Gasteiger partial charge is 0.250 e. The highest BCUT2D eigenvalue weighted by molar-refractivity contribution is 7.91. The molecule has 0 aromatic carbocycles. The molecule has 0 radical (unpaired) electrons. The van der Waals surface area contributed by atoms with E-state index in [1.807, 2.05) is 0 Å². The fraction of sp³-hybridized carbons (Fsp3) is 0.583. The first-order valence-electron chi connectivity index (χ1n) is 6.30. The zero-order valence-corrected chi connectivity index (χ0v) is 14.0. The topological polar surface area (TPSA) is 81.4 Å². The van der Waals surface area contributed by atoms with Crippen molar-refractivity contribution in [2.75, 3.05) is 19.8 Å². The van der Waals surface area contributed by atoms with Gasteiger partial charge in [-0.05, 0) is 24.5 Å². The van der Waals surface area contributed by atoms with Gasteiger partial charge >= 0.3 is 0 Å². The molecule has 0 saturated heterocycles. The minimum atomic E-state index is -3.50. The Labute approximate surface area is 129 Å². The third-order valence-corrected chi connectivity index (χ3v) is 5.89. The molecule has 8 heteroatoms. The minimum Gasteiger partial charge on any atom is -0.389 e. The van der Waals surface area contributed by atoms with E-state index in [0.29, 0.717) is 24.0 Å². The van der Waals surface area contributed by atoms with E-state index in [-0.39, 0.29) is 15.7 Å². The lowest BCUT2D eigenvalue weighted by molar-refractivity contribution is 0.128. The normalized spacial score (nSPS) is 11.9. The van der Waals surface area contributed by atoms with Gasteiger partial charge in [0.15, 0.2) is 0 Å². The maximum absolute atomic E-state index is 12.0. The Hall–Kier alpha value is -0.540. The molecule has 3 N–H and O–H groups in total. The van der Waals surface area contributed by atoms with Crippen LogP contribution in [0.2, 0.25) is 0 Å². The number of sulfonamides is 1. The Balaban J connectivity index is 2.39. The van der Waals surface area contributed by atoms with Gasteiger partial charge in [-0.25, -0.2) is 13.1 Å². The summed E-state index contributed by atoms with van der Waals surface area (Å²) in [5, 5.41) is 0. The van der Waals surface area contributed by atoms with E-state index in [0.717, 1.165) is 17.8 Å². The number of hydrogen-bond donors (Lipinski definition) is 2. The molecule has 1 heterocycles. The first kappa shape index (κ1) is 17.5. The second kappa shape index (κ2) is 8.04. The van der Waals surface area contributed by atoms with Gasteiger partial charge in [0.05, 0.1) is 11.5 Å². The molecule has 0 aliphatic carbocycles. The van der Waals surface area contributed by atoms with Crippen LogP contribution in [0.15, 0.2) is 16.3 Å². The van der Waals surface area contributed by atoms with Crippen LogP contribution in [0.25, 0.3) is 0 Å². The molecule has 0 saturated carbocycles. The van der Waals surface area contributed by atoms with Crippen LogP contribution in [0.5, 0.6) is 0 Å². The maximum Gasteiger partial charge on any atom is 0.250 e. The van der Waals surface area contributed by atoms with Crippen LogP contribution in [0.3, 0.4) is 0 Å². The second-order valence-corrected chi connectivity index (χ2v) is 8.19. The molecule has 0 atom stereocenters. The van der Waals surface area contributed by atoms with Crippen molar-refractivity contribution in [3.8, 4) is 0 Å². The quantitative estimate of drug-likeness (QED) is 0.530. The number of thiophene rings is 1. The lowest BCUT2D eigenvalue weighted by Crippen LogP contribution is -2.27. The fourth-order valence-corrected chi connectivity index (χ4v) is 3.75. The number of rotatable bonds is 9. The monoisotopic (exact) mass is 336 g/mol. The molecule has 1 aromatic heterocycles. The average Bonchev–Trinajstić information content (AvgIpc) is 2.83. The van der Waals surface area contributed by atoms with Crippen molar-refractivity contribution in [1.29, 1.82) is 0 Å². The molecule has 0 aliphatic rings. The van der Waals surface area contributed by atoms with E-state index in [1.165, 1.54) is 6.07 Å². The van der Waals surface area contributed by atoms with Gasteiger partial charge in [0.2, 0.25) is 10.0 Å². The Morgan fingerprint density at radius 2 is 2.15 bits per heavy atom. The summed E-state index contributed by atoms with van der Waals surface area (Å²) in [6.07, 6.45) is 0.967. The van der Waals surface area contributed by atoms with Crippen LogP contribution >= 0.6 is 23.6 Å². The van der Waals surface area contributed by atoms with Gasteiger partial charge in [-0.15, -0.1) is 11.3 Å². The van der Waals surface area contributed by atoms with Crippen molar-refractivity contribution in [3.63, 3.8) is 0 Å². The van der Waals surface area contributed by atoms with Gasteiger partial charge in [-0.2, -0.15) is 0 Å². The molecule has 0 aliphatic heterocycles. The summed E-state index contributed by atoms with van der Waals surface area (Å²) in [6, 6.07) is 3.11. The SMILES string of the molecule is CC(C)CCOCCNS(=O)(=O)c1ccc(C(N)=S)s1. The molecule has 0 amide bonds. The highest BCUT2D eigenvalue weighted by Gasteiger charge is 2.16. The van der Waals surface area contributed by atoms with Crippen molar-refractivity contribution < 1.29 is 13.2 Å². The van der Waals surface area contributed by atoms with Crippen molar-refractivity contribution in [3.05, 3.63) is 17.0 Å². The Morgan fingerprint density at radius 3 is 2.70 bits per heavy atom. The Kier molecular flexibility index (Phi) is 7.04. The van der Waals surface area contributed by atoms with Gasteiger partial charge in [0, 0.05) is 13.2 Å². The van der Waals surface area contributed by atoms with E-state index < -0.39 is 10.0 Å². The molecular formula is C12H20N2O3S3. The van der Waals surface area contributed by atoms with E-state index >= 15 is 0 Å². The van der Waals surface area contributed by atoms with Crippen molar-refractivity contribution >= 4 is 38.6 Å². The highest BCUT2D eigenvalue weighted by Crippen LogP contribution is 2.21. The van der Waals surface area contributed by atoms with E-state index in [9.17, 15) is 8.42 Å². The van der Waals surface area contributed by atoms with Crippen LogP contribution in [0.1, 0.15) is 25.1 Å². The zero-order chi connectivity index (χ0) is 15.2. The fourth-order valence-electron chi connectivity index (χ4n) is 1.34. The summed E-state index contributed by atoms with van der Waals surface area (Å²) in [5.41, 5.74) is 5.46. The Bertz CT molecular complexity index is 538. The number of nitrogens with two attached hydrogens (primary N) is 1. The number of hydrogen-bond acceptors (Lipinski definition) is 5. The van der Waals surface area contributed by atoms with Crippen LogP contribution < -0.4 is 10.5 Å². The average molecular weight is 337 g/mol. The molecule has 1 aromatic rings. The summed E-state index contributed by atoms with van der Waals surface area (Å²) in [4.78, 5) is 0.794. The summed E-state index contributed by atoms with van der Waals surface area (Å²) >= 11 is 5.87. The van der Waals surface area contributed by atoms with Gasteiger partial charge < -0.3 is 10.5 Å². The molecular weight excluding hydrogens is 316 g/mol. The summed E-state index contributed by atoms with van der Waals surface area (Å²) in [7, 11) is -3.50. The van der Waals surface area contributed by atoms with Gasteiger partial charge in [-0.3, -0.25) is 0 Å². The van der Waals surface area contributed by atoms with Crippen LogP contribution in [-0.4, -0.2) is 33.2 Å². The molecule has 1 rings (SSSR count). The predicted octanol–water partition coefficient (Wildman–Crippen LogP) is 1.72. The van der Waals surface area contributed by atoms with Crippen molar-refractivity contribution in [1.82, 2.24) is 4.72 Å². The third-order valence-electron chi connectivity index (χ3n) is 2.47. The molecule has 20 heavy (non-hydrogen) atoms. The van der Waals surface area contributed by atoms with Crippen LogP contribution in [0, 0.1) is 5.92 Å². The molecule has 0 spiro atoms. The summed E-state index contributed by atoms with van der Waals surface area (Å²) < 4.78 is 32.0. The lowest BCUT2D eigenvalue weighted by Gasteiger charge is -2.07. The second-order valence-electron chi connectivity index (χ2n) is 4.68. The summed E-state index contributed by atoms with van der Waals surface area (Å²) in [6.45, 7) is 5.48. The van der Waals surface area contributed by atoms with E-state index in [2.05, 4.69) is 18.6 Å². The largest absolute Gasteiger partial charge is 0.389 e. The first-order chi connectivity index (χ1) is 9.33. The van der Waals surface area contributed by atoms with Crippen LogP contribution in [-0.2, 0) is 14.8 Å². The Morgan fingerprint density at radius 1 is 1.45 bits per heavy atom. The molecule has 5 nitrogen and oxygen atoms in total. The lowest BCUT2D eigenvalue weighted by atomic mass is 10.1. The van der Waals surface area contributed by atoms with Gasteiger partial charge in [-0.1, -0.05) is 26.1 Å². The zero-order valence-electron chi connectivity index (χ0n) is 11.6. The number of nitrogens with one attached hydrogen (secondary N) is 1. The van der Waals surface area contributed by atoms with Gasteiger partial charge in [0.1, 0.15) is 9.20 Å². The van der Waals surface area contributed by atoms with E-state index in [1.54, 1.807) is 6.07 Å². The summed E-state index contributed by atoms with van der Waals surface area (Å²) in [5.74, 6) is 0.580. The predicted molar refractivity (Wildman–Crippen MR) is 85.7 cm³/mol. The number of thiocarbonyl (C=S) groups is 1. The maximum atomic E-state index is 12.0. The van der Waals surface area contributed by atoms with Crippen molar-refractivity contribution in [2.24, 2.45) is 11.7 Å². The molecule has 114 valence electrons. The molecule has 0 fully saturated rings. The standard InChI is InChI=1S/C12H20N2O3S3/c1-9(2)5-7-17-8-6-14-20(15,16)11-4-3-10(19-11)12(13)18/h3-4,9,14H,5-8H2,1-2H3,(H2,13,18). The van der Waals surface area contributed by atoms with Crippen LogP contribution in [0.4, 0.5) is 0 Å². The highest BCUT2D eigenvalue weighted by atomic mass is 32.2.